The number of rotatable bonds is 3. The summed E-state index contributed by atoms with van der Waals surface area (Å²) in [6.45, 7) is 2.02. The predicted octanol–water partition coefficient (Wildman–Crippen LogP) is 2.52. The van der Waals surface area contributed by atoms with Gasteiger partial charge >= 0.3 is 0 Å². The van der Waals surface area contributed by atoms with Gasteiger partial charge in [0.25, 0.3) is 0 Å². The fourth-order valence-electron chi connectivity index (χ4n) is 1.50. The van der Waals surface area contributed by atoms with E-state index in [0.717, 1.165) is 11.4 Å². The molecule has 0 spiro atoms. The van der Waals surface area contributed by atoms with E-state index in [4.69, 9.17) is 5.26 Å². The van der Waals surface area contributed by atoms with E-state index in [9.17, 15) is 0 Å². The number of anilines is 1. The minimum Gasteiger partial charge on any atom is -0.377 e. The number of hydrogen-bond acceptors (Lipinski definition) is 4. The maximum atomic E-state index is 8.70. The highest BCUT2D eigenvalue weighted by molar-refractivity contribution is 5.48. The Labute approximate surface area is 100.0 Å². The molecule has 0 saturated heterocycles. The smallest absolute Gasteiger partial charge is 0.0991 e. The molecular weight excluding hydrogens is 212 g/mol. The van der Waals surface area contributed by atoms with Crippen molar-refractivity contribution in [3.8, 4) is 6.07 Å². The van der Waals surface area contributed by atoms with Crippen LogP contribution < -0.4 is 5.32 Å². The molecule has 2 aromatic rings. The summed E-state index contributed by atoms with van der Waals surface area (Å²) in [5.41, 5.74) is 2.50. The fourth-order valence-corrected chi connectivity index (χ4v) is 1.50. The van der Waals surface area contributed by atoms with Crippen molar-refractivity contribution in [2.45, 2.75) is 13.0 Å². The largest absolute Gasteiger partial charge is 0.377 e. The SMILES string of the molecule is CC(Nc1ccc(C#N)cc1)c1cnccn1. The van der Waals surface area contributed by atoms with Gasteiger partial charge in [-0.15, -0.1) is 0 Å². The van der Waals surface area contributed by atoms with Crippen LogP contribution in [-0.4, -0.2) is 9.97 Å². The molecular formula is C13H12N4. The van der Waals surface area contributed by atoms with Crippen LogP contribution in [0.15, 0.2) is 42.9 Å². The monoisotopic (exact) mass is 224 g/mol. The molecule has 4 nitrogen and oxygen atoms in total. The van der Waals surface area contributed by atoms with Gasteiger partial charge in [-0.3, -0.25) is 9.97 Å². The molecule has 0 aliphatic rings. The highest BCUT2D eigenvalue weighted by Gasteiger charge is 2.06. The second-order valence-corrected chi connectivity index (χ2v) is 3.69. The summed E-state index contributed by atoms with van der Waals surface area (Å²) < 4.78 is 0. The molecule has 84 valence electrons. The topological polar surface area (TPSA) is 61.6 Å². The van der Waals surface area contributed by atoms with Crippen molar-refractivity contribution in [1.29, 1.82) is 5.26 Å². The van der Waals surface area contributed by atoms with Crippen LogP contribution in [0.2, 0.25) is 0 Å². The van der Waals surface area contributed by atoms with Crippen LogP contribution in [-0.2, 0) is 0 Å². The summed E-state index contributed by atoms with van der Waals surface area (Å²) in [4.78, 5) is 8.26. The van der Waals surface area contributed by atoms with Crippen molar-refractivity contribution in [2.24, 2.45) is 0 Å². The quantitative estimate of drug-likeness (QED) is 0.870. The Morgan fingerprint density at radius 1 is 1.24 bits per heavy atom. The van der Waals surface area contributed by atoms with Crippen molar-refractivity contribution < 1.29 is 0 Å². The van der Waals surface area contributed by atoms with Gasteiger partial charge in [0.2, 0.25) is 0 Å². The lowest BCUT2D eigenvalue weighted by Gasteiger charge is -2.14. The molecule has 4 heteroatoms. The van der Waals surface area contributed by atoms with Crippen LogP contribution >= 0.6 is 0 Å². The Kier molecular flexibility index (Phi) is 3.31. The van der Waals surface area contributed by atoms with Gasteiger partial charge in [-0.25, -0.2) is 0 Å². The normalized spacial score (nSPS) is 11.5. The molecule has 0 radical (unpaired) electrons. The minimum atomic E-state index is 0.0802. The highest BCUT2D eigenvalue weighted by Crippen LogP contribution is 2.16. The molecule has 0 bridgehead atoms. The van der Waals surface area contributed by atoms with Crippen molar-refractivity contribution in [2.75, 3.05) is 5.32 Å². The van der Waals surface area contributed by atoms with Crippen molar-refractivity contribution in [3.05, 3.63) is 54.1 Å². The molecule has 0 aliphatic heterocycles. The zero-order valence-electron chi connectivity index (χ0n) is 9.46. The van der Waals surface area contributed by atoms with Crippen LogP contribution in [0.5, 0.6) is 0 Å². The Morgan fingerprint density at radius 2 is 2.00 bits per heavy atom. The van der Waals surface area contributed by atoms with Gasteiger partial charge in [0.15, 0.2) is 0 Å². The standard InChI is InChI=1S/C13H12N4/c1-10(13-9-15-6-7-16-13)17-12-4-2-11(8-14)3-5-12/h2-7,9-10,17H,1H3. The third-order valence-corrected chi connectivity index (χ3v) is 2.42. The number of nitrogens with zero attached hydrogens (tertiary/aromatic N) is 3. The van der Waals surface area contributed by atoms with Crippen molar-refractivity contribution in [1.82, 2.24) is 9.97 Å². The van der Waals surface area contributed by atoms with Crippen LogP contribution in [0.3, 0.4) is 0 Å². The Hall–Kier alpha value is -2.41. The first kappa shape index (κ1) is 11.1. The van der Waals surface area contributed by atoms with Gasteiger partial charge in [0, 0.05) is 18.1 Å². The van der Waals surface area contributed by atoms with E-state index in [1.807, 2.05) is 19.1 Å². The summed E-state index contributed by atoms with van der Waals surface area (Å²) >= 11 is 0. The molecule has 1 atom stereocenters. The summed E-state index contributed by atoms with van der Waals surface area (Å²) in [5, 5.41) is 12.0. The zero-order valence-corrected chi connectivity index (χ0v) is 9.46. The average molecular weight is 224 g/mol. The van der Waals surface area contributed by atoms with E-state index in [1.54, 1.807) is 30.7 Å². The Bertz CT molecular complexity index is 513. The van der Waals surface area contributed by atoms with Crippen LogP contribution in [0.25, 0.3) is 0 Å². The van der Waals surface area contributed by atoms with Crippen molar-refractivity contribution >= 4 is 5.69 Å². The van der Waals surface area contributed by atoms with E-state index in [0.29, 0.717) is 5.56 Å². The van der Waals surface area contributed by atoms with Gasteiger partial charge in [0.1, 0.15) is 0 Å². The minimum absolute atomic E-state index is 0.0802. The Balaban J connectivity index is 2.08. The molecule has 0 amide bonds. The predicted molar refractivity (Wildman–Crippen MR) is 65.2 cm³/mol. The van der Waals surface area contributed by atoms with Crippen LogP contribution in [0.1, 0.15) is 24.2 Å². The summed E-state index contributed by atoms with van der Waals surface area (Å²) in [5.74, 6) is 0. The molecule has 1 heterocycles. The Morgan fingerprint density at radius 3 is 2.59 bits per heavy atom. The lowest BCUT2D eigenvalue weighted by Crippen LogP contribution is -2.08. The fraction of sp³-hybridized carbons (Fsp3) is 0.154. The summed E-state index contributed by atoms with van der Waals surface area (Å²) in [7, 11) is 0. The van der Waals surface area contributed by atoms with Crippen LogP contribution in [0, 0.1) is 11.3 Å². The van der Waals surface area contributed by atoms with Gasteiger partial charge in [-0.05, 0) is 31.2 Å². The second-order valence-electron chi connectivity index (χ2n) is 3.69. The highest BCUT2D eigenvalue weighted by atomic mass is 14.9. The summed E-state index contributed by atoms with van der Waals surface area (Å²) in [6.07, 6.45) is 5.06. The molecule has 1 N–H and O–H groups in total. The molecule has 1 unspecified atom stereocenters. The number of nitrogens with one attached hydrogen (secondary N) is 1. The van der Waals surface area contributed by atoms with E-state index in [1.165, 1.54) is 0 Å². The third kappa shape index (κ3) is 2.79. The number of nitriles is 1. The first-order chi connectivity index (χ1) is 8.29. The lowest BCUT2D eigenvalue weighted by molar-refractivity contribution is 0.827. The van der Waals surface area contributed by atoms with E-state index in [2.05, 4.69) is 21.4 Å². The molecule has 2 rings (SSSR count). The molecule has 17 heavy (non-hydrogen) atoms. The van der Waals surface area contributed by atoms with Gasteiger partial charge in [-0.1, -0.05) is 0 Å². The number of hydrogen-bond donors (Lipinski definition) is 1. The van der Waals surface area contributed by atoms with E-state index in [-0.39, 0.29) is 6.04 Å². The molecule has 0 aliphatic carbocycles. The van der Waals surface area contributed by atoms with Gasteiger partial charge in [-0.2, -0.15) is 5.26 Å². The first-order valence-corrected chi connectivity index (χ1v) is 5.32. The van der Waals surface area contributed by atoms with Gasteiger partial charge < -0.3 is 5.32 Å². The van der Waals surface area contributed by atoms with E-state index < -0.39 is 0 Å². The third-order valence-electron chi connectivity index (χ3n) is 2.42. The van der Waals surface area contributed by atoms with Crippen molar-refractivity contribution in [3.63, 3.8) is 0 Å². The first-order valence-electron chi connectivity index (χ1n) is 5.32. The second kappa shape index (κ2) is 5.08. The maximum absolute atomic E-state index is 8.70. The number of aromatic nitrogens is 2. The summed E-state index contributed by atoms with van der Waals surface area (Å²) in [6, 6.07) is 9.50. The lowest BCUT2D eigenvalue weighted by atomic mass is 10.2. The van der Waals surface area contributed by atoms with Crippen LogP contribution in [0.4, 0.5) is 5.69 Å². The number of benzene rings is 1. The van der Waals surface area contributed by atoms with E-state index >= 15 is 0 Å². The molecule has 0 fully saturated rings. The molecule has 1 aromatic carbocycles. The molecule has 0 saturated carbocycles. The zero-order chi connectivity index (χ0) is 12.1. The average Bonchev–Trinajstić information content (AvgIpc) is 2.40. The molecule has 1 aromatic heterocycles. The van der Waals surface area contributed by atoms with Gasteiger partial charge in [0.05, 0.1) is 29.6 Å². The maximum Gasteiger partial charge on any atom is 0.0991 e.